The molecule has 16 nitrogen and oxygen atoms in total. The molecule has 8 N–H and O–H groups in total. The van der Waals surface area contributed by atoms with Crippen molar-refractivity contribution in [1.82, 2.24) is 26.6 Å². The minimum Gasteiger partial charge on any atom is -0.481 e. The third-order valence-electron chi connectivity index (χ3n) is 7.13. The smallest absolute Gasteiger partial charge is 0.303 e. The number of rotatable bonds is 23. The quantitative estimate of drug-likeness (QED) is 0.0801. The summed E-state index contributed by atoms with van der Waals surface area (Å²) in [5.41, 5.74) is 0.834. The lowest BCUT2D eigenvalue weighted by molar-refractivity contribution is -0.139. The summed E-state index contributed by atoms with van der Waals surface area (Å²) in [5, 5.41) is 40.0. The molecule has 4 atom stereocenters. The summed E-state index contributed by atoms with van der Waals surface area (Å²) in [6, 6.07) is 3.97. The van der Waals surface area contributed by atoms with Gasteiger partial charge in [0.15, 0.2) is 0 Å². The molecular weight excluding hydrogens is 642 g/mol. The van der Waals surface area contributed by atoms with Gasteiger partial charge >= 0.3 is 17.9 Å². The Morgan fingerprint density at radius 3 is 1.39 bits per heavy atom. The van der Waals surface area contributed by atoms with Crippen LogP contribution in [0.1, 0.15) is 84.6 Å². The van der Waals surface area contributed by atoms with E-state index < -0.39 is 97.3 Å². The van der Waals surface area contributed by atoms with Crippen LogP contribution in [0, 0.1) is 11.8 Å². The van der Waals surface area contributed by atoms with Gasteiger partial charge in [0.1, 0.15) is 24.2 Å². The monoisotopic (exact) mass is 691 g/mol. The number of hydrogen-bond acceptors (Lipinski definition) is 8. The Hall–Kier alpha value is -5.02. The van der Waals surface area contributed by atoms with Crippen LogP contribution >= 0.6 is 0 Å². The van der Waals surface area contributed by atoms with E-state index in [1.807, 2.05) is 44.2 Å². The second-order valence-corrected chi connectivity index (χ2v) is 12.5. The van der Waals surface area contributed by atoms with Crippen molar-refractivity contribution >= 4 is 47.4 Å². The molecule has 1 aromatic carbocycles. The number of aliphatic carboxylic acids is 3. The molecule has 1 aromatic rings. The zero-order valence-electron chi connectivity index (χ0n) is 28.3. The Labute approximate surface area is 285 Å². The molecule has 1 rings (SSSR count). The fourth-order valence-corrected chi connectivity index (χ4v) is 4.69. The molecule has 0 aliphatic rings. The number of amides is 5. The summed E-state index contributed by atoms with van der Waals surface area (Å²) >= 11 is 0. The Morgan fingerprint density at radius 1 is 0.531 bits per heavy atom. The maximum Gasteiger partial charge on any atom is 0.303 e. The molecule has 0 fully saturated rings. The number of hydrogen-bond donors (Lipinski definition) is 8. The Balaban J connectivity index is 3.18. The molecule has 0 aliphatic heterocycles. The van der Waals surface area contributed by atoms with Crippen LogP contribution in [0.2, 0.25) is 0 Å². The minimum atomic E-state index is -1.42. The first-order chi connectivity index (χ1) is 23.0. The van der Waals surface area contributed by atoms with Crippen molar-refractivity contribution in [2.75, 3.05) is 0 Å². The summed E-state index contributed by atoms with van der Waals surface area (Å²) in [6.07, 6.45) is -2.43. The van der Waals surface area contributed by atoms with Crippen LogP contribution in [-0.4, -0.2) is 86.9 Å². The second-order valence-electron chi connectivity index (χ2n) is 12.5. The standard InChI is InChI=1S/C33H49N5O11/c1-19(2)16-24(30(46)34-18-21-8-6-5-7-9-21)37-32(48)23(11-14-28(42)43)36-33(49)25(17-20(3)4)38-31(47)22(10-13-27(40)41)35-26(39)12-15-29(44)45/h5-9,19-20,22-25H,10-18H2,1-4H3,(H,34,46)(H,35,39)(H,36,49)(H,37,48)(H,38,47)(H,40,41)(H,42,43)(H,44,45)/t22-,23-,24-,25-/m0/s1. The first kappa shape index (κ1) is 42.0. The van der Waals surface area contributed by atoms with Gasteiger partial charge in [-0.15, -0.1) is 0 Å². The van der Waals surface area contributed by atoms with Gasteiger partial charge in [-0.1, -0.05) is 58.0 Å². The van der Waals surface area contributed by atoms with E-state index in [0.29, 0.717) is 0 Å². The zero-order chi connectivity index (χ0) is 37.1. The van der Waals surface area contributed by atoms with E-state index in [-0.39, 0.29) is 44.1 Å². The minimum absolute atomic E-state index is 0.0239. The molecule has 49 heavy (non-hydrogen) atoms. The van der Waals surface area contributed by atoms with Crippen LogP contribution in [-0.2, 0) is 44.9 Å². The number of benzene rings is 1. The summed E-state index contributed by atoms with van der Waals surface area (Å²) in [4.78, 5) is 99.1. The molecule has 5 amide bonds. The van der Waals surface area contributed by atoms with Gasteiger partial charge in [-0.3, -0.25) is 38.4 Å². The number of carbonyl (C=O) groups excluding carboxylic acids is 5. The van der Waals surface area contributed by atoms with Crippen molar-refractivity contribution in [3.63, 3.8) is 0 Å². The Morgan fingerprint density at radius 2 is 0.939 bits per heavy atom. The molecule has 0 spiro atoms. The van der Waals surface area contributed by atoms with Crippen molar-refractivity contribution in [3.05, 3.63) is 35.9 Å². The molecule has 272 valence electrons. The van der Waals surface area contributed by atoms with E-state index in [1.165, 1.54) is 0 Å². The van der Waals surface area contributed by atoms with Crippen LogP contribution in [0.3, 0.4) is 0 Å². The third kappa shape index (κ3) is 18.2. The van der Waals surface area contributed by atoms with Crippen molar-refractivity contribution in [3.8, 4) is 0 Å². The summed E-state index contributed by atoms with van der Waals surface area (Å²) in [6.45, 7) is 7.41. The van der Waals surface area contributed by atoms with E-state index >= 15 is 0 Å². The number of carboxylic acids is 3. The molecule has 0 heterocycles. The van der Waals surface area contributed by atoms with Crippen LogP contribution in [0.15, 0.2) is 30.3 Å². The Kier molecular flexibility index (Phi) is 18.7. The highest BCUT2D eigenvalue weighted by Crippen LogP contribution is 2.11. The topological polar surface area (TPSA) is 257 Å². The van der Waals surface area contributed by atoms with Gasteiger partial charge in [0, 0.05) is 25.8 Å². The predicted molar refractivity (Wildman–Crippen MR) is 176 cm³/mol. The largest absolute Gasteiger partial charge is 0.481 e. The molecule has 0 bridgehead atoms. The highest BCUT2D eigenvalue weighted by atomic mass is 16.4. The van der Waals surface area contributed by atoms with Gasteiger partial charge in [0.2, 0.25) is 29.5 Å². The van der Waals surface area contributed by atoms with Crippen LogP contribution in [0.4, 0.5) is 0 Å². The highest BCUT2D eigenvalue weighted by molar-refractivity contribution is 5.96. The SMILES string of the molecule is CC(C)C[C@H](NC(=O)[C@H](CCC(=O)O)NC(=O)[C@H](CC(C)C)NC(=O)[C@H](CCC(=O)O)NC(=O)CCC(=O)O)C(=O)NCc1ccccc1. The van der Waals surface area contributed by atoms with Gasteiger partial charge in [-0.2, -0.15) is 0 Å². The molecule has 0 aromatic heterocycles. The summed E-state index contributed by atoms with van der Waals surface area (Å²) < 4.78 is 0. The number of nitrogens with one attached hydrogen (secondary N) is 5. The third-order valence-corrected chi connectivity index (χ3v) is 7.13. The second kappa shape index (κ2) is 21.8. The van der Waals surface area contributed by atoms with Gasteiger partial charge in [-0.25, -0.2) is 0 Å². The summed E-state index contributed by atoms with van der Waals surface area (Å²) in [7, 11) is 0. The number of carbonyl (C=O) groups is 8. The molecule has 0 unspecified atom stereocenters. The van der Waals surface area contributed by atoms with Gasteiger partial charge in [0.05, 0.1) is 6.42 Å². The predicted octanol–water partition coefficient (Wildman–Crippen LogP) is 0.929. The Bertz CT molecular complexity index is 1300. The van der Waals surface area contributed by atoms with E-state index in [9.17, 15) is 43.5 Å². The lowest BCUT2D eigenvalue weighted by Crippen LogP contribution is -2.58. The number of carboxylic acid groups (broad SMARTS) is 3. The average molecular weight is 692 g/mol. The van der Waals surface area contributed by atoms with Crippen molar-refractivity contribution < 1.29 is 53.7 Å². The molecule has 0 saturated carbocycles. The van der Waals surface area contributed by atoms with Crippen LogP contribution in [0.25, 0.3) is 0 Å². The first-order valence-corrected chi connectivity index (χ1v) is 16.2. The van der Waals surface area contributed by atoms with Crippen molar-refractivity contribution in [2.45, 2.75) is 110 Å². The van der Waals surface area contributed by atoms with Crippen molar-refractivity contribution in [1.29, 1.82) is 0 Å². The van der Waals surface area contributed by atoms with Gasteiger partial charge in [0.25, 0.3) is 0 Å². The molecular formula is C33H49N5O11. The fourth-order valence-electron chi connectivity index (χ4n) is 4.69. The molecule has 0 radical (unpaired) electrons. The van der Waals surface area contributed by atoms with E-state index in [0.717, 1.165) is 5.56 Å². The fraction of sp³-hybridized carbons (Fsp3) is 0.576. The highest BCUT2D eigenvalue weighted by Gasteiger charge is 2.32. The first-order valence-electron chi connectivity index (χ1n) is 16.2. The molecule has 0 saturated heterocycles. The zero-order valence-corrected chi connectivity index (χ0v) is 28.3. The lowest BCUT2D eigenvalue weighted by atomic mass is 10.00. The van der Waals surface area contributed by atoms with Crippen LogP contribution in [0.5, 0.6) is 0 Å². The van der Waals surface area contributed by atoms with Gasteiger partial charge < -0.3 is 41.9 Å². The lowest BCUT2D eigenvalue weighted by Gasteiger charge is -2.27. The van der Waals surface area contributed by atoms with E-state index in [2.05, 4.69) is 26.6 Å². The van der Waals surface area contributed by atoms with E-state index in [4.69, 9.17) is 10.2 Å². The maximum absolute atomic E-state index is 13.5. The summed E-state index contributed by atoms with van der Waals surface area (Å²) in [5.74, 6) is -7.82. The average Bonchev–Trinajstić information content (AvgIpc) is 3.01. The van der Waals surface area contributed by atoms with E-state index in [1.54, 1.807) is 13.8 Å². The van der Waals surface area contributed by atoms with Crippen LogP contribution < -0.4 is 26.6 Å². The van der Waals surface area contributed by atoms with Crippen molar-refractivity contribution in [2.24, 2.45) is 11.8 Å². The maximum atomic E-state index is 13.5. The molecule has 16 heteroatoms. The normalized spacial score (nSPS) is 13.3. The molecule has 0 aliphatic carbocycles. The van der Waals surface area contributed by atoms with Gasteiger partial charge in [-0.05, 0) is 43.1 Å².